The highest BCUT2D eigenvalue weighted by Crippen LogP contribution is 2.18. The number of fused-ring (bicyclic) bond motifs is 1. The Hall–Kier alpha value is -2.50. The van der Waals surface area contributed by atoms with E-state index in [1.54, 1.807) is 0 Å². The summed E-state index contributed by atoms with van der Waals surface area (Å²) in [5.74, 6) is 0. The van der Waals surface area contributed by atoms with Crippen LogP contribution in [0.3, 0.4) is 0 Å². The molecule has 6 heteroatoms. The lowest BCUT2D eigenvalue weighted by atomic mass is 10.1. The van der Waals surface area contributed by atoms with Crippen molar-refractivity contribution in [3.8, 4) is 11.3 Å². The smallest absolute Gasteiger partial charge is 0.244 e. The van der Waals surface area contributed by atoms with Crippen molar-refractivity contribution in [2.75, 3.05) is 0 Å². The standard InChI is InChI=1S/C10H7N5O/c16-10-13-12-9(7-4-2-1-3-5-7)8-6-11-14-15(8)10/h1-6H,(H,13,16). The zero-order valence-electron chi connectivity index (χ0n) is 8.16. The van der Waals surface area contributed by atoms with Crippen LogP contribution in [0.1, 0.15) is 0 Å². The minimum absolute atomic E-state index is 0.396. The first-order valence-corrected chi connectivity index (χ1v) is 4.71. The molecule has 0 spiro atoms. The molecule has 0 fully saturated rings. The van der Waals surface area contributed by atoms with Crippen molar-refractivity contribution in [3.63, 3.8) is 0 Å². The third-order valence-electron chi connectivity index (χ3n) is 2.29. The average molecular weight is 213 g/mol. The minimum Gasteiger partial charge on any atom is -0.244 e. The van der Waals surface area contributed by atoms with Gasteiger partial charge in [0.1, 0.15) is 11.2 Å². The van der Waals surface area contributed by atoms with Crippen molar-refractivity contribution in [1.82, 2.24) is 25.0 Å². The SMILES string of the molecule is O=c1[nH]nc(-c2ccccc2)c2cnnn12. The van der Waals surface area contributed by atoms with Gasteiger partial charge in [-0.3, -0.25) is 0 Å². The molecule has 1 aromatic carbocycles. The fourth-order valence-electron chi connectivity index (χ4n) is 1.56. The van der Waals surface area contributed by atoms with Crippen molar-refractivity contribution in [2.45, 2.75) is 0 Å². The zero-order valence-corrected chi connectivity index (χ0v) is 8.16. The van der Waals surface area contributed by atoms with Crippen molar-refractivity contribution in [1.29, 1.82) is 0 Å². The topological polar surface area (TPSA) is 75.9 Å². The van der Waals surface area contributed by atoms with Gasteiger partial charge in [0.05, 0.1) is 6.20 Å². The lowest BCUT2D eigenvalue weighted by Gasteiger charge is -2.00. The first kappa shape index (κ1) is 8.78. The normalized spacial score (nSPS) is 10.8. The molecule has 0 aliphatic rings. The van der Waals surface area contributed by atoms with Crippen LogP contribution < -0.4 is 5.69 Å². The predicted molar refractivity (Wildman–Crippen MR) is 56.8 cm³/mol. The Morgan fingerprint density at radius 1 is 1.19 bits per heavy atom. The highest BCUT2D eigenvalue weighted by Gasteiger charge is 2.08. The van der Waals surface area contributed by atoms with Gasteiger partial charge in [-0.2, -0.15) is 9.61 Å². The van der Waals surface area contributed by atoms with Crippen LogP contribution in [0, 0.1) is 0 Å². The summed E-state index contributed by atoms with van der Waals surface area (Å²) in [6.45, 7) is 0. The summed E-state index contributed by atoms with van der Waals surface area (Å²) in [5, 5.41) is 13.8. The average Bonchev–Trinajstić information content (AvgIpc) is 2.81. The van der Waals surface area contributed by atoms with Gasteiger partial charge in [-0.05, 0) is 0 Å². The first-order chi connectivity index (χ1) is 7.86. The third kappa shape index (κ3) is 1.20. The Kier molecular flexibility index (Phi) is 1.79. The van der Waals surface area contributed by atoms with E-state index in [0.29, 0.717) is 11.2 Å². The number of rotatable bonds is 1. The van der Waals surface area contributed by atoms with Gasteiger partial charge in [0.25, 0.3) is 0 Å². The van der Waals surface area contributed by atoms with E-state index < -0.39 is 5.69 Å². The van der Waals surface area contributed by atoms with E-state index in [4.69, 9.17) is 0 Å². The molecule has 2 heterocycles. The van der Waals surface area contributed by atoms with Crippen LogP contribution in [-0.2, 0) is 0 Å². The molecule has 78 valence electrons. The van der Waals surface area contributed by atoms with E-state index in [0.717, 1.165) is 5.56 Å². The molecule has 0 atom stereocenters. The van der Waals surface area contributed by atoms with E-state index in [9.17, 15) is 4.79 Å². The largest absolute Gasteiger partial charge is 0.364 e. The van der Waals surface area contributed by atoms with Gasteiger partial charge in [-0.25, -0.2) is 9.89 Å². The number of benzene rings is 1. The Balaban J connectivity index is 2.37. The van der Waals surface area contributed by atoms with Gasteiger partial charge in [0, 0.05) is 5.56 Å². The van der Waals surface area contributed by atoms with Gasteiger partial charge in [0.2, 0.25) is 0 Å². The van der Waals surface area contributed by atoms with Gasteiger partial charge in [-0.15, -0.1) is 5.10 Å². The summed E-state index contributed by atoms with van der Waals surface area (Å²) in [6, 6.07) is 9.55. The summed E-state index contributed by atoms with van der Waals surface area (Å²) < 4.78 is 1.19. The van der Waals surface area contributed by atoms with Crippen LogP contribution in [0.5, 0.6) is 0 Å². The molecule has 16 heavy (non-hydrogen) atoms. The summed E-state index contributed by atoms with van der Waals surface area (Å²) >= 11 is 0. The molecule has 1 N–H and O–H groups in total. The quantitative estimate of drug-likeness (QED) is 0.637. The van der Waals surface area contributed by atoms with Gasteiger partial charge >= 0.3 is 5.69 Å². The predicted octanol–water partition coefficient (Wildman–Crippen LogP) is 0.480. The molecule has 2 aromatic heterocycles. The summed E-state index contributed by atoms with van der Waals surface area (Å²) in [5.41, 5.74) is 1.76. The monoisotopic (exact) mass is 213 g/mol. The maximum absolute atomic E-state index is 11.4. The number of H-pyrrole nitrogens is 1. The maximum Gasteiger partial charge on any atom is 0.364 e. The number of nitrogens with one attached hydrogen (secondary N) is 1. The molecule has 0 unspecified atom stereocenters. The highest BCUT2D eigenvalue weighted by atomic mass is 16.1. The molecular formula is C10H7N5O. The van der Waals surface area contributed by atoms with E-state index in [1.807, 2.05) is 30.3 Å². The van der Waals surface area contributed by atoms with E-state index in [2.05, 4.69) is 20.5 Å². The molecule has 0 bridgehead atoms. The fourth-order valence-corrected chi connectivity index (χ4v) is 1.56. The number of aromatic nitrogens is 5. The first-order valence-electron chi connectivity index (χ1n) is 4.71. The van der Waals surface area contributed by atoms with Crippen LogP contribution in [0.4, 0.5) is 0 Å². The van der Waals surface area contributed by atoms with Crippen LogP contribution in [-0.4, -0.2) is 25.0 Å². The van der Waals surface area contributed by atoms with E-state index >= 15 is 0 Å². The van der Waals surface area contributed by atoms with Crippen LogP contribution in [0.25, 0.3) is 16.8 Å². The van der Waals surface area contributed by atoms with Crippen molar-refractivity contribution >= 4 is 5.52 Å². The number of aromatic amines is 1. The number of hydrogen-bond donors (Lipinski definition) is 1. The van der Waals surface area contributed by atoms with E-state index in [-0.39, 0.29) is 0 Å². The van der Waals surface area contributed by atoms with Crippen LogP contribution in [0.15, 0.2) is 41.3 Å². The molecule has 0 amide bonds. The lowest BCUT2D eigenvalue weighted by Crippen LogP contribution is -2.19. The molecule has 0 aliphatic heterocycles. The summed E-state index contributed by atoms with van der Waals surface area (Å²) in [7, 11) is 0. The zero-order chi connectivity index (χ0) is 11.0. The second-order valence-electron chi connectivity index (χ2n) is 3.27. The van der Waals surface area contributed by atoms with E-state index in [1.165, 1.54) is 10.7 Å². The second-order valence-corrected chi connectivity index (χ2v) is 3.27. The Morgan fingerprint density at radius 2 is 2.00 bits per heavy atom. The molecule has 0 saturated heterocycles. The lowest BCUT2D eigenvalue weighted by molar-refractivity contribution is 0.768. The fraction of sp³-hybridized carbons (Fsp3) is 0. The molecule has 0 radical (unpaired) electrons. The second kappa shape index (κ2) is 3.27. The summed E-state index contributed by atoms with van der Waals surface area (Å²) in [6.07, 6.45) is 1.52. The van der Waals surface area contributed by atoms with Crippen molar-refractivity contribution in [3.05, 3.63) is 47.0 Å². The molecule has 0 saturated carbocycles. The van der Waals surface area contributed by atoms with Gasteiger partial charge < -0.3 is 0 Å². The third-order valence-corrected chi connectivity index (χ3v) is 2.29. The van der Waals surface area contributed by atoms with Gasteiger partial charge in [-0.1, -0.05) is 35.5 Å². The summed E-state index contributed by atoms with van der Waals surface area (Å²) in [4.78, 5) is 11.4. The molecule has 6 nitrogen and oxygen atoms in total. The molecule has 3 aromatic rings. The number of hydrogen-bond acceptors (Lipinski definition) is 4. The Morgan fingerprint density at radius 3 is 2.81 bits per heavy atom. The highest BCUT2D eigenvalue weighted by molar-refractivity contribution is 5.74. The number of nitrogens with zero attached hydrogens (tertiary/aromatic N) is 4. The van der Waals surface area contributed by atoms with Crippen molar-refractivity contribution < 1.29 is 0 Å². The van der Waals surface area contributed by atoms with Gasteiger partial charge in [0.15, 0.2) is 0 Å². The van der Waals surface area contributed by atoms with Crippen LogP contribution >= 0.6 is 0 Å². The molecule has 3 rings (SSSR count). The molecule has 0 aliphatic carbocycles. The van der Waals surface area contributed by atoms with Crippen molar-refractivity contribution in [2.24, 2.45) is 0 Å². The Bertz CT molecular complexity index is 685. The minimum atomic E-state index is -0.396. The Labute approximate surface area is 89.6 Å². The van der Waals surface area contributed by atoms with Crippen LogP contribution in [0.2, 0.25) is 0 Å². The maximum atomic E-state index is 11.4. The molecular weight excluding hydrogens is 206 g/mol.